The van der Waals surface area contributed by atoms with Crippen molar-refractivity contribution in [2.75, 3.05) is 13.2 Å². The molecule has 0 aliphatic rings. The molecule has 0 aliphatic heterocycles. The summed E-state index contributed by atoms with van der Waals surface area (Å²) in [5.41, 5.74) is -0.0504. The molecule has 0 amide bonds. The molecule has 0 heterocycles. The highest BCUT2D eigenvalue weighted by atomic mass is 31.2. The molecular formula is C9H21O3P. The summed E-state index contributed by atoms with van der Waals surface area (Å²) in [7, 11) is -2.82. The van der Waals surface area contributed by atoms with Crippen molar-refractivity contribution in [3.8, 4) is 0 Å². The Kier molecular flexibility index (Phi) is 6.66. The minimum Gasteiger partial charge on any atom is -0.308 e. The molecule has 0 saturated heterocycles. The molecule has 0 rings (SSSR count). The Labute approximate surface area is 81.3 Å². The first kappa shape index (κ1) is 13.2. The fraction of sp³-hybridized carbons (Fsp3) is 1.00. The second kappa shape index (κ2) is 6.58. The SMILES string of the molecule is CCCOP(=O)(OCCC)C(C)C. The van der Waals surface area contributed by atoms with E-state index in [2.05, 4.69) is 0 Å². The minimum absolute atomic E-state index is 0.0504. The molecule has 0 bridgehead atoms. The monoisotopic (exact) mass is 208 g/mol. The molecule has 0 aromatic heterocycles. The van der Waals surface area contributed by atoms with Crippen molar-refractivity contribution in [3.63, 3.8) is 0 Å². The summed E-state index contributed by atoms with van der Waals surface area (Å²) >= 11 is 0. The van der Waals surface area contributed by atoms with Crippen LogP contribution in [-0.2, 0) is 13.6 Å². The zero-order chi connectivity index (χ0) is 10.3. The van der Waals surface area contributed by atoms with Gasteiger partial charge in [0.15, 0.2) is 0 Å². The van der Waals surface area contributed by atoms with Gasteiger partial charge in [0.05, 0.1) is 18.9 Å². The lowest BCUT2D eigenvalue weighted by atomic mass is 10.5. The molecule has 3 nitrogen and oxygen atoms in total. The summed E-state index contributed by atoms with van der Waals surface area (Å²) in [6, 6.07) is 0. The van der Waals surface area contributed by atoms with E-state index < -0.39 is 7.60 Å². The van der Waals surface area contributed by atoms with E-state index in [1.165, 1.54) is 0 Å². The van der Waals surface area contributed by atoms with Crippen molar-refractivity contribution in [2.24, 2.45) is 0 Å². The van der Waals surface area contributed by atoms with E-state index in [0.717, 1.165) is 12.8 Å². The van der Waals surface area contributed by atoms with Crippen LogP contribution in [0.25, 0.3) is 0 Å². The van der Waals surface area contributed by atoms with Gasteiger partial charge in [0.2, 0.25) is 0 Å². The summed E-state index contributed by atoms with van der Waals surface area (Å²) in [5, 5.41) is 0. The van der Waals surface area contributed by atoms with Crippen molar-refractivity contribution >= 4 is 7.60 Å². The quantitative estimate of drug-likeness (QED) is 0.601. The molecule has 0 aromatic carbocycles. The summed E-state index contributed by atoms with van der Waals surface area (Å²) in [5.74, 6) is 0. The highest BCUT2D eigenvalue weighted by Gasteiger charge is 2.28. The first-order valence-electron chi connectivity index (χ1n) is 4.95. The Morgan fingerprint density at radius 2 is 1.46 bits per heavy atom. The molecule has 13 heavy (non-hydrogen) atoms. The van der Waals surface area contributed by atoms with Gasteiger partial charge >= 0.3 is 7.60 Å². The number of hydrogen-bond donors (Lipinski definition) is 0. The van der Waals surface area contributed by atoms with Gasteiger partial charge in [0, 0.05) is 0 Å². The van der Waals surface area contributed by atoms with Gasteiger partial charge in [-0.15, -0.1) is 0 Å². The molecule has 4 heteroatoms. The van der Waals surface area contributed by atoms with Crippen LogP contribution in [0.1, 0.15) is 40.5 Å². The minimum atomic E-state index is -2.82. The van der Waals surface area contributed by atoms with Crippen molar-refractivity contribution in [1.82, 2.24) is 0 Å². The van der Waals surface area contributed by atoms with E-state index in [1.54, 1.807) is 0 Å². The van der Waals surface area contributed by atoms with Gasteiger partial charge in [-0.05, 0) is 12.8 Å². The number of rotatable bonds is 7. The predicted octanol–water partition coefficient (Wildman–Crippen LogP) is 3.44. The molecule has 0 atom stereocenters. The van der Waals surface area contributed by atoms with Gasteiger partial charge in [-0.3, -0.25) is 4.57 Å². The molecule has 0 N–H and O–H groups in total. The second-order valence-corrected chi connectivity index (χ2v) is 5.93. The first-order valence-corrected chi connectivity index (χ1v) is 6.56. The molecule has 0 fully saturated rings. The Hall–Kier alpha value is 0.150. The fourth-order valence-corrected chi connectivity index (χ4v) is 2.32. The van der Waals surface area contributed by atoms with Gasteiger partial charge in [0.1, 0.15) is 0 Å². The second-order valence-electron chi connectivity index (χ2n) is 3.30. The smallest absolute Gasteiger partial charge is 0.308 e. The normalized spacial score (nSPS) is 12.4. The van der Waals surface area contributed by atoms with E-state index in [-0.39, 0.29) is 5.66 Å². The molecule has 0 unspecified atom stereocenters. The predicted molar refractivity (Wildman–Crippen MR) is 55.2 cm³/mol. The maximum absolute atomic E-state index is 12.0. The molecule has 0 aromatic rings. The average Bonchev–Trinajstić information content (AvgIpc) is 2.11. The van der Waals surface area contributed by atoms with Crippen molar-refractivity contribution in [1.29, 1.82) is 0 Å². The van der Waals surface area contributed by atoms with Gasteiger partial charge in [-0.2, -0.15) is 0 Å². The zero-order valence-corrected chi connectivity index (χ0v) is 9.97. The maximum Gasteiger partial charge on any atom is 0.333 e. The van der Waals surface area contributed by atoms with E-state index in [9.17, 15) is 4.57 Å². The van der Waals surface area contributed by atoms with Gasteiger partial charge in [-0.1, -0.05) is 27.7 Å². The van der Waals surface area contributed by atoms with Crippen LogP contribution in [0.4, 0.5) is 0 Å². The van der Waals surface area contributed by atoms with E-state index in [0.29, 0.717) is 13.2 Å². The fourth-order valence-electron chi connectivity index (χ4n) is 0.772. The van der Waals surface area contributed by atoms with Crippen LogP contribution in [-0.4, -0.2) is 18.9 Å². The largest absolute Gasteiger partial charge is 0.333 e. The van der Waals surface area contributed by atoms with Gasteiger partial charge < -0.3 is 9.05 Å². The van der Waals surface area contributed by atoms with E-state index in [1.807, 2.05) is 27.7 Å². The number of hydrogen-bond acceptors (Lipinski definition) is 3. The lowest BCUT2D eigenvalue weighted by molar-refractivity contribution is 0.199. The molecule has 0 radical (unpaired) electrons. The summed E-state index contributed by atoms with van der Waals surface area (Å²) in [4.78, 5) is 0. The summed E-state index contributed by atoms with van der Waals surface area (Å²) in [6.07, 6.45) is 1.73. The average molecular weight is 208 g/mol. The van der Waals surface area contributed by atoms with Crippen LogP contribution in [0.5, 0.6) is 0 Å². The topological polar surface area (TPSA) is 35.5 Å². The lowest BCUT2D eigenvalue weighted by Crippen LogP contribution is -2.07. The molecule has 0 spiro atoms. The van der Waals surface area contributed by atoms with Gasteiger partial charge in [-0.25, -0.2) is 0 Å². The third kappa shape index (κ3) is 4.80. The molecule has 80 valence electrons. The Morgan fingerprint density at radius 3 is 1.69 bits per heavy atom. The third-order valence-electron chi connectivity index (χ3n) is 1.58. The summed E-state index contributed by atoms with van der Waals surface area (Å²) in [6.45, 7) is 8.74. The highest BCUT2D eigenvalue weighted by molar-refractivity contribution is 7.54. The molecular weight excluding hydrogens is 187 g/mol. The Balaban J connectivity index is 4.09. The van der Waals surface area contributed by atoms with Crippen LogP contribution in [0, 0.1) is 0 Å². The zero-order valence-electron chi connectivity index (χ0n) is 9.08. The van der Waals surface area contributed by atoms with Crippen molar-refractivity contribution in [3.05, 3.63) is 0 Å². The molecule has 0 saturated carbocycles. The Morgan fingerprint density at radius 1 is 1.08 bits per heavy atom. The molecule has 0 aliphatic carbocycles. The van der Waals surface area contributed by atoms with Crippen LogP contribution < -0.4 is 0 Å². The van der Waals surface area contributed by atoms with E-state index >= 15 is 0 Å². The van der Waals surface area contributed by atoms with E-state index in [4.69, 9.17) is 9.05 Å². The summed E-state index contributed by atoms with van der Waals surface area (Å²) < 4.78 is 22.5. The Bertz CT molecular complexity index is 156. The van der Waals surface area contributed by atoms with Crippen LogP contribution in [0.3, 0.4) is 0 Å². The van der Waals surface area contributed by atoms with Crippen LogP contribution in [0.15, 0.2) is 0 Å². The van der Waals surface area contributed by atoms with Crippen molar-refractivity contribution < 1.29 is 13.6 Å². The lowest BCUT2D eigenvalue weighted by Gasteiger charge is -2.21. The van der Waals surface area contributed by atoms with Crippen LogP contribution in [0.2, 0.25) is 0 Å². The standard InChI is InChI=1S/C9H21O3P/c1-5-7-11-13(10,9(3)4)12-8-6-2/h9H,5-8H2,1-4H3. The van der Waals surface area contributed by atoms with Crippen molar-refractivity contribution in [2.45, 2.75) is 46.2 Å². The maximum atomic E-state index is 12.0. The third-order valence-corrected chi connectivity index (χ3v) is 3.93. The van der Waals surface area contributed by atoms with Gasteiger partial charge in [0.25, 0.3) is 0 Å². The van der Waals surface area contributed by atoms with Crippen LogP contribution >= 0.6 is 7.60 Å². The first-order chi connectivity index (χ1) is 6.06. The highest BCUT2D eigenvalue weighted by Crippen LogP contribution is 2.52.